The summed E-state index contributed by atoms with van der Waals surface area (Å²) in [6.45, 7) is 0.841. The first kappa shape index (κ1) is 20.5. The van der Waals surface area contributed by atoms with Gasteiger partial charge in [0, 0.05) is 31.5 Å². The number of piperidine rings is 1. The number of carbonyl (C=O) groups is 1. The second kappa shape index (κ2) is 8.84. The molecule has 0 saturated carbocycles. The number of nitrogens with zero attached hydrogens (tertiary/aromatic N) is 1. The van der Waals surface area contributed by atoms with Crippen molar-refractivity contribution >= 4 is 15.9 Å². The van der Waals surface area contributed by atoms with Crippen LogP contribution in [0.25, 0.3) is 0 Å². The van der Waals surface area contributed by atoms with E-state index >= 15 is 0 Å². The number of halogens is 1. The quantitative estimate of drug-likeness (QED) is 0.805. The Morgan fingerprint density at radius 3 is 2.21 bits per heavy atom. The van der Waals surface area contributed by atoms with Crippen molar-refractivity contribution in [2.45, 2.75) is 31.2 Å². The van der Waals surface area contributed by atoms with Crippen LogP contribution in [0.3, 0.4) is 0 Å². The molecule has 0 unspecified atom stereocenters. The highest BCUT2D eigenvalue weighted by atomic mass is 32.2. The van der Waals surface area contributed by atoms with Crippen LogP contribution < -0.4 is 5.32 Å². The van der Waals surface area contributed by atoms with Crippen molar-refractivity contribution in [3.63, 3.8) is 0 Å². The third-order valence-corrected chi connectivity index (χ3v) is 6.46. The molecule has 1 amide bonds. The minimum atomic E-state index is -3.18. The Balaban J connectivity index is 1.66. The number of hydrogen-bond acceptors (Lipinski definition) is 3. The molecule has 3 rings (SSSR count). The maximum Gasteiger partial charge on any atom is 0.221 e. The predicted molar refractivity (Wildman–Crippen MR) is 107 cm³/mol. The van der Waals surface area contributed by atoms with Crippen molar-refractivity contribution in [3.8, 4) is 0 Å². The van der Waals surface area contributed by atoms with Gasteiger partial charge in [0.05, 0.1) is 6.26 Å². The highest BCUT2D eigenvalue weighted by molar-refractivity contribution is 7.88. The first-order chi connectivity index (χ1) is 13.3. The Hall–Kier alpha value is -2.25. The molecule has 2 aromatic carbocycles. The van der Waals surface area contributed by atoms with Gasteiger partial charge in [-0.2, -0.15) is 0 Å². The van der Waals surface area contributed by atoms with E-state index in [0.29, 0.717) is 25.9 Å². The van der Waals surface area contributed by atoms with Gasteiger partial charge in [0.2, 0.25) is 15.9 Å². The van der Waals surface area contributed by atoms with Gasteiger partial charge < -0.3 is 5.32 Å². The summed E-state index contributed by atoms with van der Waals surface area (Å²) in [5, 5.41) is 3.04. The zero-order valence-electron chi connectivity index (χ0n) is 15.8. The van der Waals surface area contributed by atoms with Crippen molar-refractivity contribution in [3.05, 3.63) is 71.5 Å². The second-order valence-corrected chi connectivity index (χ2v) is 9.21. The molecule has 5 nitrogen and oxygen atoms in total. The molecular formula is C21H25FN2O3S. The number of carbonyl (C=O) groups excluding carboxylic acids is 1. The molecule has 1 N–H and O–H groups in total. The molecule has 0 spiro atoms. The molecule has 28 heavy (non-hydrogen) atoms. The van der Waals surface area contributed by atoms with Gasteiger partial charge in [0.15, 0.2) is 0 Å². The summed E-state index contributed by atoms with van der Waals surface area (Å²) in [6.07, 6.45) is 2.66. The van der Waals surface area contributed by atoms with Crippen molar-refractivity contribution in [2.24, 2.45) is 0 Å². The number of benzene rings is 2. The molecular weight excluding hydrogens is 379 g/mol. The monoisotopic (exact) mass is 404 g/mol. The molecule has 0 radical (unpaired) electrons. The summed E-state index contributed by atoms with van der Waals surface area (Å²) in [5.41, 5.74) is 1.88. The number of amides is 1. The molecule has 2 aromatic rings. The van der Waals surface area contributed by atoms with E-state index in [1.807, 2.05) is 30.3 Å². The van der Waals surface area contributed by atoms with E-state index < -0.39 is 10.0 Å². The molecule has 1 fully saturated rings. The van der Waals surface area contributed by atoms with E-state index in [-0.39, 0.29) is 30.1 Å². The zero-order valence-corrected chi connectivity index (χ0v) is 16.7. The molecule has 1 atom stereocenters. The van der Waals surface area contributed by atoms with Gasteiger partial charge in [-0.1, -0.05) is 42.5 Å². The first-order valence-corrected chi connectivity index (χ1v) is 11.2. The normalized spacial score (nSPS) is 17.2. The molecule has 1 heterocycles. The lowest BCUT2D eigenvalue weighted by Crippen LogP contribution is -2.46. The molecule has 0 bridgehead atoms. The fourth-order valence-corrected chi connectivity index (χ4v) is 4.49. The smallest absolute Gasteiger partial charge is 0.221 e. The van der Waals surface area contributed by atoms with Crippen LogP contribution in [-0.2, 0) is 14.8 Å². The fourth-order valence-electron chi connectivity index (χ4n) is 3.61. The molecule has 7 heteroatoms. The number of rotatable bonds is 6. The van der Waals surface area contributed by atoms with Crippen LogP contribution in [0.2, 0.25) is 0 Å². The average Bonchev–Trinajstić information content (AvgIpc) is 2.67. The summed E-state index contributed by atoms with van der Waals surface area (Å²) in [4.78, 5) is 12.7. The SMILES string of the molecule is CS(=O)(=O)N1CCC(NC(=O)C[C@H](c2ccccc2)c2ccc(F)cc2)CC1. The third kappa shape index (κ3) is 5.39. The van der Waals surface area contributed by atoms with Crippen LogP contribution in [0.1, 0.15) is 36.3 Å². The Kier molecular flexibility index (Phi) is 6.46. The Bertz CT molecular complexity index is 893. The Labute approximate surface area is 165 Å². The lowest BCUT2D eigenvalue weighted by Gasteiger charge is -2.31. The molecule has 1 saturated heterocycles. The van der Waals surface area contributed by atoms with Crippen LogP contribution in [0.15, 0.2) is 54.6 Å². The van der Waals surface area contributed by atoms with Crippen LogP contribution in [-0.4, -0.2) is 44.0 Å². The molecule has 0 aromatic heterocycles. The van der Waals surface area contributed by atoms with Crippen LogP contribution in [0.5, 0.6) is 0 Å². The van der Waals surface area contributed by atoms with Crippen molar-refractivity contribution in [1.29, 1.82) is 0 Å². The maximum absolute atomic E-state index is 13.3. The summed E-state index contributed by atoms with van der Waals surface area (Å²) in [6, 6.07) is 15.9. The average molecular weight is 405 g/mol. The van der Waals surface area contributed by atoms with Crippen molar-refractivity contribution in [1.82, 2.24) is 9.62 Å². The summed E-state index contributed by atoms with van der Waals surface area (Å²) < 4.78 is 38.0. The molecule has 0 aliphatic carbocycles. The second-order valence-electron chi connectivity index (χ2n) is 7.22. The van der Waals surface area contributed by atoms with Gasteiger partial charge in [-0.15, -0.1) is 0 Å². The van der Waals surface area contributed by atoms with E-state index in [0.717, 1.165) is 11.1 Å². The lowest BCUT2D eigenvalue weighted by molar-refractivity contribution is -0.122. The van der Waals surface area contributed by atoms with Crippen LogP contribution in [0, 0.1) is 5.82 Å². The fraction of sp³-hybridized carbons (Fsp3) is 0.381. The zero-order chi connectivity index (χ0) is 20.1. The van der Waals surface area contributed by atoms with Gasteiger partial charge in [0.1, 0.15) is 5.82 Å². The van der Waals surface area contributed by atoms with E-state index in [1.165, 1.54) is 22.7 Å². The first-order valence-electron chi connectivity index (χ1n) is 9.38. The van der Waals surface area contributed by atoms with E-state index in [4.69, 9.17) is 0 Å². The third-order valence-electron chi connectivity index (χ3n) is 5.15. The van der Waals surface area contributed by atoms with E-state index in [1.54, 1.807) is 12.1 Å². The number of sulfonamides is 1. The number of hydrogen-bond donors (Lipinski definition) is 1. The van der Waals surface area contributed by atoms with Gasteiger partial charge in [-0.05, 0) is 36.1 Å². The summed E-state index contributed by atoms with van der Waals surface area (Å²) in [5.74, 6) is -0.563. The van der Waals surface area contributed by atoms with E-state index in [2.05, 4.69) is 5.32 Å². The summed E-state index contributed by atoms with van der Waals surface area (Å²) in [7, 11) is -3.18. The van der Waals surface area contributed by atoms with Gasteiger partial charge in [0.25, 0.3) is 0 Å². The van der Waals surface area contributed by atoms with Gasteiger partial charge in [-0.25, -0.2) is 17.1 Å². The van der Waals surface area contributed by atoms with Crippen LogP contribution >= 0.6 is 0 Å². The van der Waals surface area contributed by atoms with Gasteiger partial charge >= 0.3 is 0 Å². The van der Waals surface area contributed by atoms with Gasteiger partial charge in [-0.3, -0.25) is 4.79 Å². The molecule has 1 aliphatic heterocycles. The molecule has 150 valence electrons. The largest absolute Gasteiger partial charge is 0.353 e. The standard InChI is InChI=1S/C21H25FN2O3S/c1-28(26,27)24-13-11-19(12-14-24)23-21(25)15-20(16-5-3-2-4-6-16)17-7-9-18(22)10-8-17/h2-10,19-20H,11-15H2,1H3,(H,23,25)/t20-/m1/s1. The Morgan fingerprint density at radius 2 is 1.64 bits per heavy atom. The van der Waals surface area contributed by atoms with Crippen molar-refractivity contribution in [2.75, 3.05) is 19.3 Å². The number of nitrogens with one attached hydrogen (secondary N) is 1. The Morgan fingerprint density at radius 1 is 1.07 bits per heavy atom. The topological polar surface area (TPSA) is 66.5 Å². The highest BCUT2D eigenvalue weighted by Crippen LogP contribution is 2.28. The predicted octanol–water partition coefficient (Wildman–Crippen LogP) is 2.89. The molecule has 1 aliphatic rings. The van der Waals surface area contributed by atoms with Crippen molar-refractivity contribution < 1.29 is 17.6 Å². The highest BCUT2D eigenvalue weighted by Gasteiger charge is 2.26. The lowest BCUT2D eigenvalue weighted by atomic mass is 9.88. The van der Waals surface area contributed by atoms with E-state index in [9.17, 15) is 17.6 Å². The summed E-state index contributed by atoms with van der Waals surface area (Å²) >= 11 is 0. The maximum atomic E-state index is 13.3. The minimum absolute atomic E-state index is 0.0323. The van der Waals surface area contributed by atoms with Crippen LogP contribution in [0.4, 0.5) is 4.39 Å². The minimum Gasteiger partial charge on any atom is -0.353 e.